The number of benzene rings is 1. The van der Waals surface area contributed by atoms with Crippen LogP contribution in [0.3, 0.4) is 0 Å². The lowest BCUT2D eigenvalue weighted by Gasteiger charge is -2.11. The van der Waals surface area contributed by atoms with E-state index in [-0.39, 0.29) is 11.2 Å². The van der Waals surface area contributed by atoms with E-state index in [1.165, 1.54) is 6.92 Å². The largest absolute Gasteiger partial charge is 0.326 e. The Labute approximate surface area is 119 Å². The lowest BCUT2D eigenvalue weighted by Crippen LogP contribution is -2.30. The van der Waals surface area contributed by atoms with Crippen molar-refractivity contribution in [1.29, 1.82) is 0 Å². The monoisotopic (exact) mass is 296 g/mol. The minimum Gasteiger partial charge on any atom is -0.326 e. The third-order valence-electron chi connectivity index (χ3n) is 3.44. The average molecular weight is 296 g/mol. The number of rotatable bonds is 5. The lowest BCUT2D eigenvalue weighted by atomic mass is 10.2. The standard InChI is InChI=1S/C14H20N2O3S/c1-11(17)16-13-6-4-12(5-7-13)9-15-10-14-3-2-8-20(14,18)19/h4-7,14-15H,2-3,8-10H2,1H3,(H,16,17)/t14-/m0/s1. The molecular formula is C14H20N2O3S. The molecule has 5 nitrogen and oxygen atoms in total. The van der Waals surface area contributed by atoms with Crippen LogP contribution in [0.1, 0.15) is 25.3 Å². The van der Waals surface area contributed by atoms with Gasteiger partial charge in [0.1, 0.15) is 0 Å². The first kappa shape index (κ1) is 15.0. The highest BCUT2D eigenvalue weighted by atomic mass is 32.2. The summed E-state index contributed by atoms with van der Waals surface area (Å²) in [5, 5.41) is 5.66. The van der Waals surface area contributed by atoms with Gasteiger partial charge in [0.2, 0.25) is 5.91 Å². The van der Waals surface area contributed by atoms with Crippen LogP contribution in [-0.2, 0) is 21.2 Å². The summed E-state index contributed by atoms with van der Waals surface area (Å²) in [7, 11) is -2.87. The molecule has 1 aromatic rings. The third-order valence-corrected chi connectivity index (χ3v) is 5.71. The zero-order chi connectivity index (χ0) is 14.6. The molecule has 0 aromatic heterocycles. The quantitative estimate of drug-likeness (QED) is 0.859. The molecule has 0 aliphatic carbocycles. The van der Waals surface area contributed by atoms with Crippen LogP contribution in [0.5, 0.6) is 0 Å². The maximum atomic E-state index is 11.7. The minimum absolute atomic E-state index is 0.0951. The summed E-state index contributed by atoms with van der Waals surface area (Å²) in [6, 6.07) is 7.51. The van der Waals surface area contributed by atoms with Gasteiger partial charge in [-0.25, -0.2) is 8.42 Å². The van der Waals surface area contributed by atoms with E-state index in [9.17, 15) is 13.2 Å². The van der Waals surface area contributed by atoms with Crippen LogP contribution in [0.2, 0.25) is 0 Å². The molecule has 0 spiro atoms. The van der Waals surface area contributed by atoms with E-state index in [0.717, 1.165) is 24.1 Å². The van der Waals surface area contributed by atoms with Gasteiger partial charge in [-0.15, -0.1) is 0 Å². The molecule has 1 fully saturated rings. The van der Waals surface area contributed by atoms with Gasteiger partial charge in [0.05, 0.1) is 11.0 Å². The molecule has 0 unspecified atom stereocenters. The normalized spacial score (nSPS) is 20.8. The summed E-state index contributed by atoms with van der Waals surface area (Å²) >= 11 is 0. The van der Waals surface area contributed by atoms with E-state index in [4.69, 9.17) is 0 Å². The number of carbonyl (C=O) groups excluding carboxylic acids is 1. The first-order valence-electron chi connectivity index (χ1n) is 6.76. The Balaban J connectivity index is 1.81. The van der Waals surface area contributed by atoms with Crippen molar-refractivity contribution in [3.63, 3.8) is 0 Å². The van der Waals surface area contributed by atoms with E-state index in [1.54, 1.807) is 0 Å². The highest BCUT2D eigenvalue weighted by Crippen LogP contribution is 2.19. The topological polar surface area (TPSA) is 75.3 Å². The first-order chi connectivity index (χ1) is 9.47. The average Bonchev–Trinajstić information content (AvgIpc) is 2.70. The van der Waals surface area contributed by atoms with E-state index in [2.05, 4.69) is 10.6 Å². The van der Waals surface area contributed by atoms with Gasteiger partial charge in [-0.2, -0.15) is 0 Å². The van der Waals surface area contributed by atoms with Gasteiger partial charge in [-0.05, 0) is 30.5 Å². The lowest BCUT2D eigenvalue weighted by molar-refractivity contribution is -0.114. The maximum Gasteiger partial charge on any atom is 0.221 e. The predicted molar refractivity (Wildman–Crippen MR) is 79.3 cm³/mol. The van der Waals surface area contributed by atoms with Crippen molar-refractivity contribution in [2.45, 2.75) is 31.6 Å². The summed E-state index contributed by atoms with van der Waals surface area (Å²) in [4.78, 5) is 10.9. The summed E-state index contributed by atoms with van der Waals surface area (Å²) < 4.78 is 23.3. The van der Waals surface area contributed by atoms with Gasteiger partial charge < -0.3 is 10.6 Å². The molecule has 2 N–H and O–H groups in total. The van der Waals surface area contributed by atoms with Crippen LogP contribution >= 0.6 is 0 Å². The number of sulfone groups is 1. The number of hydrogen-bond acceptors (Lipinski definition) is 4. The second-order valence-corrected chi connectivity index (χ2v) is 7.54. The van der Waals surface area contributed by atoms with Crippen molar-refractivity contribution in [1.82, 2.24) is 5.32 Å². The van der Waals surface area contributed by atoms with Crippen LogP contribution in [0.4, 0.5) is 5.69 Å². The number of hydrogen-bond donors (Lipinski definition) is 2. The van der Waals surface area contributed by atoms with Gasteiger partial charge in [0.15, 0.2) is 9.84 Å². The van der Waals surface area contributed by atoms with E-state index in [1.807, 2.05) is 24.3 Å². The number of nitrogens with one attached hydrogen (secondary N) is 2. The van der Waals surface area contributed by atoms with E-state index in [0.29, 0.717) is 18.8 Å². The molecule has 20 heavy (non-hydrogen) atoms. The van der Waals surface area contributed by atoms with Crippen LogP contribution in [0, 0.1) is 0 Å². The summed E-state index contributed by atoms with van der Waals surface area (Å²) in [5.74, 6) is 0.229. The molecule has 0 bridgehead atoms. The van der Waals surface area contributed by atoms with Crippen LogP contribution in [-0.4, -0.2) is 31.9 Å². The molecule has 0 saturated carbocycles. The zero-order valence-electron chi connectivity index (χ0n) is 11.6. The fraction of sp³-hybridized carbons (Fsp3) is 0.500. The fourth-order valence-corrected chi connectivity index (χ4v) is 4.17. The van der Waals surface area contributed by atoms with E-state index < -0.39 is 9.84 Å². The molecule has 6 heteroatoms. The Bertz CT molecular complexity index is 567. The molecule has 1 amide bonds. The Morgan fingerprint density at radius 1 is 1.30 bits per heavy atom. The molecule has 1 heterocycles. The van der Waals surface area contributed by atoms with Crippen molar-refractivity contribution in [2.24, 2.45) is 0 Å². The number of amides is 1. The molecule has 1 aromatic carbocycles. The molecule has 1 atom stereocenters. The van der Waals surface area contributed by atoms with Gasteiger partial charge >= 0.3 is 0 Å². The van der Waals surface area contributed by atoms with Gasteiger partial charge in [0.25, 0.3) is 0 Å². The molecule has 2 rings (SSSR count). The van der Waals surface area contributed by atoms with Crippen molar-refractivity contribution >= 4 is 21.4 Å². The minimum atomic E-state index is -2.87. The van der Waals surface area contributed by atoms with Crippen molar-refractivity contribution < 1.29 is 13.2 Å². The highest BCUT2D eigenvalue weighted by molar-refractivity contribution is 7.92. The van der Waals surface area contributed by atoms with Crippen LogP contribution in [0.15, 0.2) is 24.3 Å². The second kappa shape index (κ2) is 6.37. The van der Waals surface area contributed by atoms with Crippen LogP contribution in [0.25, 0.3) is 0 Å². The number of anilines is 1. The molecular weight excluding hydrogens is 276 g/mol. The van der Waals surface area contributed by atoms with Crippen molar-refractivity contribution in [2.75, 3.05) is 17.6 Å². The molecule has 110 valence electrons. The summed E-state index contributed by atoms with van der Waals surface area (Å²) in [6.45, 7) is 2.61. The van der Waals surface area contributed by atoms with Gasteiger partial charge in [-0.1, -0.05) is 12.1 Å². The Morgan fingerprint density at radius 3 is 2.55 bits per heavy atom. The SMILES string of the molecule is CC(=O)Nc1ccc(CNC[C@@H]2CCCS2(=O)=O)cc1. The Morgan fingerprint density at radius 2 is 2.00 bits per heavy atom. The summed E-state index contributed by atoms with van der Waals surface area (Å²) in [6.07, 6.45) is 1.54. The maximum absolute atomic E-state index is 11.7. The molecule has 1 saturated heterocycles. The molecule has 1 aliphatic rings. The van der Waals surface area contributed by atoms with Crippen LogP contribution < -0.4 is 10.6 Å². The highest BCUT2D eigenvalue weighted by Gasteiger charge is 2.30. The summed E-state index contributed by atoms with van der Waals surface area (Å²) in [5.41, 5.74) is 1.83. The van der Waals surface area contributed by atoms with Gasteiger partial charge in [-0.3, -0.25) is 4.79 Å². The molecule has 1 aliphatic heterocycles. The van der Waals surface area contributed by atoms with Crippen molar-refractivity contribution in [3.8, 4) is 0 Å². The molecule has 0 radical (unpaired) electrons. The second-order valence-electron chi connectivity index (χ2n) is 5.14. The Hall–Kier alpha value is -1.40. The van der Waals surface area contributed by atoms with E-state index >= 15 is 0 Å². The van der Waals surface area contributed by atoms with Crippen molar-refractivity contribution in [3.05, 3.63) is 29.8 Å². The zero-order valence-corrected chi connectivity index (χ0v) is 12.4. The predicted octanol–water partition coefficient (Wildman–Crippen LogP) is 1.31. The smallest absolute Gasteiger partial charge is 0.221 e. The number of carbonyl (C=O) groups is 1. The first-order valence-corrected chi connectivity index (χ1v) is 8.48. The Kier molecular flexibility index (Phi) is 4.77. The van der Waals surface area contributed by atoms with Gasteiger partial charge in [0, 0.05) is 25.7 Å². The third kappa shape index (κ3) is 4.05. The fourth-order valence-electron chi connectivity index (χ4n) is 2.37.